The zero-order chi connectivity index (χ0) is 16.7. The van der Waals surface area contributed by atoms with E-state index in [1.54, 1.807) is 4.90 Å². The van der Waals surface area contributed by atoms with Gasteiger partial charge in [0.1, 0.15) is 0 Å². The van der Waals surface area contributed by atoms with E-state index in [1.807, 2.05) is 31.2 Å². The van der Waals surface area contributed by atoms with Crippen molar-refractivity contribution in [1.82, 2.24) is 10.6 Å². The molecule has 0 aliphatic carbocycles. The third-order valence-corrected chi connectivity index (χ3v) is 3.70. The van der Waals surface area contributed by atoms with Gasteiger partial charge >= 0.3 is 0 Å². The number of anilines is 1. The van der Waals surface area contributed by atoms with Crippen molar-refractivity contribution in [2.75, 3.05) is 24.5 Å². The first-order chi connectivity index (χ1) is 11.1. The molecule has 0 radical (unpaired) electrons. The normalized spacial score (nSPS) is 14.0. The first-order valence-corrected chi connectivity index (χ1v) is 8.03. The quantitative estimate of drug-likeness (QED) is 0.787. The van der Waals surface area contributed by atoms with Crippen molar-refractivity contribution in [3.8, 4) is 0 Å². The van der Waals surface area contributed by atoms with E-state index in [1.165, 1.54) is 0 Å². The van der Waals surface area contributed by atoms with Crippen molar-refractivity contribution >= 4 is 23.4 Å². The first-order valence-electron chi connectivity index (χ1n) is 8.03. The van der Waals surface area contributed by atoms with Gasteiger partial charge in [0, 0.05) is 25.2 Å². The molecular formula is C17H23N3O3. The van der Waals surface area contributed by atoms with Crippen molar-refractivity contribution in [1.29, 1.82) is 0 Å². The van der Waals surface area contributed by atoms with Crippen LogP contribution in [0.2, 0.25) is 0 Å². The summed E-state index contributed by atoms with van der Waals surface area (Å²) in [6, 6.07) is 7.41. The average Bonchev–Trinajstić information content (AvgIpc) is 2.98. The van der Waals surface area contributed by atoms with E-state index in [-0.39, 0.29) is 30.7 Å². The van der Waals surface area contributed by atoms with Crippen LogP contribution in [-0.2, 0) is 20.8 Å². The number of carbonyl (C=O) groups is 3. The Morgan fingerprint density at radius 3 is 2.48 bits per heavy atom. The molecule has 0 atom stereocenters. The summed E-state index contributed by atoms with van der Waals surface area (Å²) in [7, 11) is 0. The third kappa shape index (κ3) is 5.09. The van der Waals surface area contributed by atoms with E-state index in [9.17, 15) is 14.4 Å². The van der Waals surface area contributed by atoms with Crippen molar-refractivity contribution in [2.24, 2.45) is 0 Å². The largest absolute Gasteiger partial charge is 0.355 e. The van der Waals surface area contributed by atoms with Crippen LogP contribution in [0.5, 0.6) is 0 Å². The Bertz CT molecular complexity index is 569. The number of hydrogen-bond acceptors (Lipinski definition) is 3. The average molecular weight is 317 g/mol. The Balaban J connectivity index is 1.80. The summed E-state index contributed by atoms with van der Waals surface area (Å²) < 4.78 is 0. The van der Waals surface area contributed by atoms with Crippen molar-refractivity contribution < 1.29 is 14.4 Å². The van der Waals surface area contributed by atoms with Gasteiger partial charge in [-0.3, -0.25) is 14.4 Å². The van der Waals surface area contributed by atoms with E-state index in [4.69, 9.17) is 0 Å². The summed E-state index contributed by atoms with van der Waals surface area (Å²) in [4.78, 5) is 36.7. The lowest BCUT2D eigenvalue weighted by Gasteiger charge is -2.15. The van der Waals surface area contributed by atoms with E-state index < -0.39 is 0 Å². The van der Waals surface area contributed by atoms with Gasteiger partial charge in [0.05, 0.1) is 13.0 Å². The Morgan fingerprint density at radius 1 is 1.13 bits per heavy atom. The Kier molecular flexibility index (Phi) is 6.14. The van der Waals surface area contributed by atoms with Crippen LogP contribution < -0.4 is 15.5 Å². The van der Waals surface area contributed by atoms with E-state index in [0.717, 1.165) is 30.6 Å². The monoisotopic (exact) mass is 317 g/mol. The first kappa shape index (κ1) is 17.0. The zero-order valence-electron chi connectivity index (χ0n) is 13.4. The molecule has 2 rings (SSSR count). The molecule has 6 heteroatoms. The van der Waals surface area contributed by atoms with Gasteiger partial charge in [0.15, 0.2) is 0 Å². The molecule has 1 aromatic rings. The summed E-state index contributed by atoms with van der Waals surface area (Å²) in [5, 5.41) is 5.30. The number of benzene rings is 1. The molecule has 124 valence electrons. The van der Waals surface area contributed by atoms with Gasteiger partial charge in [-0.1, -0.05) is 19.1 Å². The van der Waals surface area contributed by atoms with Crippen LogP contribution in [0.15, 0.2) is 24.3 Å². The highest BCUT2D eigenvalue weighted by Crippen LogP contribution is 2.21. The predicted molar refractivity (Wildman–Crippen MR) is 88.0 cm³/mol. The van der Waals surface area contributed by atoms with Gasteiger partial charge in [-0.2, -0.15) is 0 Å². The molecule has 23 heavy (non-hydrogen) atoms. The number of rotatable bonds is 7. The van der Waals surface area contributed by atoms with Crippen LogP contribution in [0.3, 0.4) is 0 Å². The molecule has 2 N–H and O–H groups in total. The van der Waals surface area contributed by atoms with Gasteiger partial charge in [-0.15, -0.1) is 0 Å². The molecule has 1 saturated heterocycles. The van der Waals surface area contributed by atoms with Gasteiger partial charge < -0.3 is 15.5 Å². The predicted octanol–water partition coefficient (Wildman–Crippen LogP) is 0.998. The molecule has 1 fully saturated rings. The van der Waals surface area contributed by atoms with Gasteiger partial charge in [-0.25, -0.2) is 0 Å². The SMILES string of the molecule is CCCNC(=O)CNC(=O)Cc1ccc(N2CCCC2=O)cc1. The van der Waals surface area contributed by atoms with Crippen LogP contribution in [0.25, 0.3) is 0 Å². The van der Waals surface area contributed by atoms with Gasteiger partial charge in [0.25, 0.3) is 0 Å². The topological polar surface area (TPSA) is 78.5 Å². The van der Waals surface area contributed by atoms with Crippen molar-refractivity contribution in [3.63, 3.8) is 0 Å². The smallest absolute Gasteiger partial charge is 0.239 e. The summed E-state index contributed by atoms with van der Waals surface area (Å²) in [5.74, 6) is -0.224. The lowest BCUT2D eigenvalue weighted by atomic mass is 10.1. The fourth-order valence-corrected chi connectivity index (χ4v) is 2.47. The van der Waals surface area contributed by atoms with Gasteiger partial charge in [0.2, 0.25) is 17.7 Å². The molecule has 3 amide bonds. The number of nitrogens with one attached hydrogen (secondary N) is 2. The molecule has 0 unspecified atom stereocenters. The summed E-state index contributed by atoms with van der Waals surface area (Å²) in [5.41, 5.74) is 1.72. The second-order valence-corrected chi connectivity index (χ2v) is 5.62. The zero-order valence-corrected chi connectivity index (χ0v) is 13.4. The van der Waals surface area contributed by atoms with E-state index in [0.29, 0.717) is 13.0 Å². The molecule has 0 saturated carbocycles. The molecule has 0 bridgehead atoms. The Hall–Kier alpha value is -2.37. The lowest BCUT2D eigenvalue weighted by Crippen LogP contribution is -2.37. The highest BCUT2D eigenvalue weighted by atomic mass is 16.2. The second kappa shape index (κ2) is 8.31. The van der Waals surface area contributed by atoms with Crippen molar-refractivity contribution in [3.05, 3.63) is 29.8 Å². The minimum Gasteiger partial charge on any atom is -0.355 e. The summed E-state index contributed by atoms with van der Waals surface area (Å²) >= 11 is 0. The number of amides is 3. The fourth-order valence-electron chi connectivity index (χ4n) is 2.47. The van der Waals surface area contributed by atoms with Crippen LogP contribution >= 0.6 is 0 Å². The molecule has 6 nitrogen and oxygen atoms in total. The number of nitrogens with zero attached hydrogens (tertiary/aromatic N) is 1. The molecule has 1 heterocycles. The van der Waals surface area contributed by atoms with Crippen LogP contribution in [0, 0.1) is 0 Å². The van der Waals surface area contributed by atoms with Gasteiger partial charge in [-0.05, 0) is 30.5 Å². The van der Waals surface area contributed by atoms with Crippen LogP contribution in [0.1, 0.15) is 31.7 Å². The second-order valence-electron chi connectivity index (χ2n) is 5.62. The minimum atomic E-state index is -0.193. The molecule has 0 aromatic heterocycles. The van der Waals surface area contributed by atoms with E-state index in [2.05, 4.69) is 10.6 Å². The number of hydrogen-bond donors (Lipinski definition) is 2. The van der Waals surface area contributed by atoms with Crippen LogP contribution in [0.4, 0.5) is 5.69 Å². The number of carbonyl (C=O) groups excluding carboxylic acids is 3. The Labute approximate surface area is 136 Å². The standard InChI is InChI=1S/C17H23N3O3/c1-2-9-18-16(22)12-19-15(21)11-13-5-7-14(8-6-13)20-10-3-4-17(20)23/h5-8H,2-4,9-12H2,1H3,(H,18,22)(H,19,21). The molecule has 1 aliphatic rings. The summed E-state index contributed by atoms with van der Waals surface area (Å²) in [6.45, 7) is 3.34. The third-order valence-electron chi connectivity index (χ3n) is 3.70. The maximum absolute atomic E-state index is 11.8. The maximum Gasteiger partial charge on any atom is 0.239 e. The highest BCUT2D eigenvalue weighted by Gasteiger charge is 2.21. The minimum absolute atomic E-state index is 0.000797. The maximum atomic E-state index is 11.8. The van der Waals surface area contributed by atoms with E-state index >= 15 is 0 Å². The lowest BCUT2D eigenvalue weighted by molar-refractivity contribution is -0.125. The molecule has 1 aromatic carbocycles. The van der Waals surface area contributed by atoms with Crippen LogP contribution in [-0.4, -0.2) is 37.4 Å². The molecular weight excluding hydrogens is 294 g/mol. The molecule has 0 spiro atoms. The molecule has 1 aliphatic heterocycles. The Morgan fingerprint density at radius 2 is 1.87 bits per heavy atom. The van der Waals surface area contributed by atoms with Crippen molar-refractivity contribution in [2.45, 2.75) is 32.6 Å². The highest BCUT2D eigenvalue weighted by molar-refractivity contribution is 5.95. The summed E-state index contributed by atoms with van der Waals surface area (Å²) in [6.07, 6.45) is 2.58. The fraction of sp³-hybridized carbons (Fsp3) is 0.471.